The lowest BCUT2D eigenvalue weighted by molar-refractivity contribution is 1.19. The van der Waals surface area contributed by atoms with Gasteiger partial charge in [0, 0.05) is 6.21 Å². The standard InChI is InChI=1S/C4H9N5/c1-2-8-4(7)9-3(5)6/h2H,1H3,(H5,5,6,7,9). The summed E-state index contributed by atoms with van der Waals surface area (Å²) in [6, 6.07) is 0. The molecule has 0 fully saturated rings. The Hall–Kier alpha value is -1.39. The van der Waals surface area contributed by atoms with Gasteiger partial charge in [-0.2, -0.15) is 0 Å². The summed E-state index contributed by atoms with van der Waals surface area (Å²) in [6.07, 6.45) is 1.44. The molecule has 0 aliphatic heterocycles. The Morgan fingerprint density at radius 3 is 2.56 bits per heavy atom. The molecule has 0 saturated carbocycles. The monoisotopic (exact) mass is 127 g/mol. The van der Waals surface area contributed by atoms with E-state index in [-0.39, 0.29) is 11.9 Å². The smallest absolute Gasteiger partial charge is 0.221 e. The minimum atomic E-state index is -0.273. The van der Waals surface area contributed by atoms with E-state index in [9.17, 15) is 0 Å². The number of hydrogen-bond acceptors (Lipinski definition) is 2. The first-order chi connectivity index (χ1) is 4.16. The zero-order valence-corrected chi connectivity index (χ0v) is 5.10. The quantitative estimate of drug-likeness (QED) is 0.260. The molecule has 0 radical (unpaired) electrons. The molecule has 5 nitrogen and oxygen atoms in total. The summed E-state index contributed by atoms with van der Waals surface area (Å²) in [6.45, 7) is 1.68. The number of aliphatic imine (C=N–C) groups is 1. The van der Waals surface area contributed by atoms with Crippen LogP contribution in [0, 0.1) is 10.8 Å². The molecule has 9 heavy (non-hydrogen) atoms. The van der Waals surface area contributed by atoms with Crippen molar-refractivity contribution in [2.75, 3.05) is 0 Å². The van der Waals surface area contributed by atoms with Crippen molar-refractivity contribution in [2.45, 2.75) is 6.92 Å². The van der Waals surface area contributed by atoms with E-state index in [1.54, 1.807) is 6.92 Å². The van der Waals surface area contributed by atoms with Gasteiger partial charge in [-0.1, -0.05) is 0 Å². The molecule has 0 saturated heterocycles. The van der Waals surface area contributed by atoms with E-state index >= 15 is 0 Å². The molecule has 5 heteroatoms. The first kappa shape index (κ1) is 7.61. The van der Waals surface area contributed by atoms with E-state index < -0.39 is 0 Å². The number of hydrogen-bond donors (Lipinski definition) is 4. The minimum Gasteiger partial charge on any atom is -0.370 e. The largest absolute Gasteiger partial charge is 0.370 e. The lowest BCUT2D eigenvalue weighted by Crippen LogP contribution is -2.34. The first-order valence-electron chi connectivity index (χ1n) is 2.35. The summed E-state index contributed by atoms with van der Waals surface area (Å²) in [7, 11) is 0. The molecule has 50 valence electrons. The fourth-order valence-electron chi connectivity index (χ4n) is 0.289. The van der Waals surface area contributed by atoms with Gasteiger partial charge in [0.25, 0.3) is 0 Å². The van der Waals surface area contributed by atoms with Gasteiger partial charge in [0.15, 0.2) is 5.96 Å². The van der Waals surface area contributed by atoms with Crippen LogP contribution in [0.4, 0.5) is 0 Å². The molecule has 0 atom stereocenters. The molecule has 0 unspecified atom stereocenters. The fourth-order valence-corrected chi connectivity index (χ4v) is 0.289. The number of nitrogens with zero attached hydrogens (tertiary/aromatic N) is 1. The van der Waals surface area contributed by atoms with Crippen molar-refractivity contribution in [2.24, 2.45) is 10.7 Å². The Kier molecular flexibility index (Phi) is 3.04. The van der Waals surface area contributed by atoms with E-state index in [0.29, 0.717) is 0 Å². The van der Waals surface area contributed by atoms with Crippen LogP contribution in [0.25, 0.3) is 0 Å². The second-order valence-corrected chi connectivity index (χ2v) is 1.27. The average molecular weight is 127 g/mol. The topological polar surface area (TPSA) is 98.1 Å². The van der Waals surface area contributed by atoms with Gasteiger partial charge in [-0.05, 0) is 6.92 Å². The van der Waals surface area contributed by atoms with Gasteiger partial charge < -0.3 is 5.73 Å². The van der Waals surface area contributed by atoms with Gasteiger partial charge in [0.2, 0.25) is 5.96 Å². The minimum absolute atomic E-state index is 0.120. The summed E-state index contributed by atoms with van der Waals surface area (Å²) < 4.78 is 0. The maximum absolute atomic E-state index is 6.89. The van der Waals surface area contributed by atoms with Crippen LogP contribution in [0.5, 0.6) is 0 Å². The molecule has 0 aliphatic rings. The van der Waals surface area contributed by atoms with Gasteiger partial charge >= 0.3 is 0 Å². The van der Waals surface area contributed by atoms with Gasteiger partial charge in [0.05, 0.1) is 0 Å². The number of nitrogens with two attached hydrogens (primary N) is 1. The third kappa shape index (κ3) is 4.46. The zero-order valence-electron chi connectivity index (χ0n) is 5.10. The van der Waals surface area contributed by atoms with Crippen molar-refractivity contribution < 1.29 is 0 Å². The third-order valence-corrected chi connectivity index (χ3v) is 0.511. The van der Waals surface area contributed by atoms with Crippen LogP contribution in [0.15, 0.2) is 4.99 Å². The fraction of sp³-hybridized carbons (Fsp3) is 0.250. The Morgan fingerprint density at radius 1 is 1.67 bits per heavy atom. The van der Waals surface area contributed by atoms with Crippen LogP contribution in [-0.4, -0.2) is 18.1 Å². The Morgan fingerprint density at radius 2 is 2.22 bits per heavy atom. The van der Waals surface area contributed by atoms with Crippen molar-refractivity contribution >= 4 is 18.1 Å². The predicted octanol–water partition coefficient (Wildman–Crippen LogP) is -0.505. The average Bonchev–Trinajstić information content (AvgIpc) is 1.63. The molecule has 0 aromatic rings. The van der Waals surface area contributed by atoms with E-state index in [2.05, 4.69) is 10.3 Å². The van der Waals surface area contributed by atoms with Crippen LogP contribution in [0.2, 0.25) is 0 Å². The normalized spacial score (nSPS) is 9.44. The molecule has 0 rings (SSSR count). The predicted molar refractivity (Wildman–Crippen MR) is 36.9 cm³/mol. The summed E-state index contributed by atoms with van der Waals surface area (Å²) >= 11 is 0. The SMILES string of the molecule is CC=NC(=N)NC(=N)N. The molecule has 0 aromatic carbocycles. The molecule has 0 heterocycles. The van der Waals surface area contributed by atoms with Crippen LogP contribution in [0.3, 0.4) is 0 Å². The molecule has 5 N–H and O–H groups in total. The maximum atomic E-state index is 6.89. The van der Waals surface area contributed by atoms with Crippen LogP contribution < -0.4 is 11.1 Å². The van der Waals surface area contributed by atoms with Gasteiger partial charge in [-0.15, -0.1) is 0 Å². The Balaban J connectivity index is 3.64. The highest BCUT2D eigenvalue weighted by molar-refractivity contribution is 5.97. The van der Waals surface area contributed by atoms with Crippen LogP contribution >= 0.6 is 0 Å². The zero-order chi connectivity index (χ0) is 7.28. The Labute approximate surface area is 53.0 Å². The molecule has 0 spiro atoms. The van der Waals surface area contributed by atoms with E-state index in [0.717, 1.165) is 0 Å². The highest BCUT2D eigenvalue weighted by Crippen LogP contribution is 1.65. The van der Waals surface area contributed by atoms with Crippen molar-refractivity contribution in [3.8, 4) is 0 Å². The molecule has 0 bridgehead atoms. The van der Waals surface area contributed by atoms with Gasteiger partial charge in [-0.3, -0.25) is 16.1 Å². The van der Waals surface area contributed by atoms with Gasteiger partial charge in [-0.25, -0.2) is 4.99 Å². The summed E-state index contributed by atoms with van der Waals surface area (Å²) in [5.41, 5.74) is 4.88. The maximum Gasteiger partial charge on any atom is 0.221 e. The lowest BCUT2D eigenvalue weighted by atomic mass is 10.8. The van der Waals surface area contributed by atoms with Crippen molar-refractivity contribution in [3.05, 3.63) is 0 Å². The summed E-state index contributed by atoms with van der Waals surface area (Å²) in [5.74, 6) is -0.393. The van der Waals surface area contributed by atoms with E-state index in [1.165, 1.54) is 6.21 Å². The van der Waals surface area contributed by atoms with Crippen molar-refractivity contribution in [3.63, 3.8) is 0 Å². The van der Waals surface area contributed by atoms with Crippen molar-refractivity contribution in [1.82, 2.24) is 5.32 Å². The molecular formula is C4H9N5. The van der Waals surface area contributed by atoms with E-state index in [4.69, 9.17) is 16.6 Å². The molecule has 0 amide bonds. The second kappa shape index (κ2) is 3.59. The van der Waals surface area contributed by atoms with Crippen molar-refractivity contribution in [1.29, 1.82) is 10.8 Å². The number of guanidine groups is 2. The highest BCUT2D eigenvalue weighted by atomic mass is 15.2. The van der Waals surface area contributed by atoms with Crippen LogP contribution in [0.1, 0.15) is 6.92 Å². The summed E-state index contributed by atoms with van der Waals surface area (Å²) in [4.78, 5) is 3.49. The van der Waals surface area contributed by atoms with Crippen LogP contribution in [-0.2, 0) is 0 Å². The first-order valence-corrected chi connectivity index (χ1v) is 2.35. The molecule has 0 aromatic heterocycles. The van der Waals surface area contributed by atoms with E-state index in [1.807, 2.05) is 0 Å². The molecule has 0 aliphatic carbocycles. The number of nitrogens with one attached hydrogen (secondary N) is 3. The second-order valence-electron chi connectivity index (χ2n) is 1.27. The van der Waals surface area contributed by atoms with Gasteiger partial charge in [0.1, 0.15) is 0 Å². The number of rotatable bonds is 0. The summed E-state index contributed by atoms with van der Waals surface area (Å²) in [5, 5.41) is 15.7. The molecular weight excluding hydrogens is 118 g/mol. The Bertz CT molecular complexity index is 147. The lowest BCUT2D eigenvalue weighted by Gasteiger charge is -1.96. The third-order valence-electron chi connectivity index (χ3n) is 0.511. The highest BCUT2D eigenvalue weighted by Gasteiger charge is 1.88.